The van der Waals surface area contributed by atoms with Crippen molar-refractivity contribution in [1.29, 1.82) is 0 Å². The second-order valence-electron chi connectivity index (χ2n) is 5.67. The average molecular weight is 293 g/mol. The highest BCUT2D eigenvalue weighted by atomic mass is 16.6. The first-order valence-corrected chi connectivity index (χ1v) is 7.24. The molecule has 0 amide bonds. The summed E-state index contributed by atoms with van der Waals surface area (Å²) >= 11 is 0. The maximum atomic E-state index is 11.2. The Morgan fingerprint density at radius 3 is 2.71 bits per heavy atom. The second-order valence-corrected chi connectivity index (χ2v) is 5.67. The lowest BCUT2D eigenvalue weighted by Gasteiger charge is -2.31. The van der Waals surface area contributed by atoms with Gasteiger partial charge in [0.25, 0.3) is 0 Å². The van der Waals surface area contributed by atoms with E-state index in [0.717, 1.165) is 32.5 Å². The molecule has 0 spiro atoms. The van der Waals surface area contributed by atoms with Crippen LogP contribution in [0.1, 0.15) is 12.8 Å². The fraction of sp³-hybridized carbons (Fsp3) is 0.643. The number of nitro groups is 1. The van der Waals surface area contributed by atoms with Gasteiger partial charge in [0.15, 0.2) is 0 Å². The Morgan fingerprint density at radius 2 is 2.14 bits per heavy atom. The number of nitrogens with zero attached hydrogens (tertiary/aromatic N) is 4. The molecule has 1 aliphatic heterocycles. The summed E-state index contributed by atoms with van der Waals surface area (Å²) in [6, 6.07) is 3.14. The maximum absolute atomic E-state index is 11.2. The molecular weight excluding hydrogens is 270 g/mol. The number of pyridine rings is 1. The van der Waals surface area contributed by atoms with Crippen molar-refractivity contribution in [2.24, 2.45) is 5.92 Å². The monoisotopic (exact) mass is 293 g/mol. The van der Waals surface area contributed by atoms with Crippen LogP contribution in [-0.2, 0) is 0 Å². The molecule has 0 unspecified atom stereocenters. The third-order valence-corrected chi connectivity index (χ3v) is 4.04. The zero-order valence-corrected chi connectivity index (χ0v) is 12.9. The Hall–Kier alpha value is -1.89. The lowest BCUT2D eigenvalue weighted by atomic mass is 9.96. The normalized spacial score (nSPS) is 16.7. The zero-order valence-electron chi connectivity index (χ0n) is 12.9. The van der Waals surface area contributed by atoms with Gasteiger partial charge < -0.3 is 15.1 Å². The van der Waals surface area contributed by atoms with Crippen LogP contribution in [0.4, 0.5) is 17.3 Å². The Morgan fingerprint density at radius 1 is 1.48 bits per heavy atom. The van der Waals surface area contributed by atoms with Gasteiger partial charge in [-0.05, 0) is 45.0 Å². The molecule has 0 aliphatic carbocycles. The Labute approximate surface area is 125 Å². The van der Waals surface area contributed by atoms with Crippen LogP contribution in [0.15, 0.2) is 12.1 Å². The molecule has 21 heavy (non-hydrogen) atoms. The van der Waals surface area contributed by atoms with Crippen LogP contribution in [0.3, 0.4) is 0 Å². The molecule has 0 bridgehead atoms. The van der Waals surface area contributed by atoms with Gasteiger partial charge >= 0.3 is 5.69 Å². The van der Waals surface area contributed by atoms with E-state index in [1.54, 1.807) is 13.1 Å². The molecule has 7 heteroatoms. The average Bonchev–Trinajstić information content (AvgIpc) is 2.48. The van der Waals surface area contributed by atoms with Gasteiger partial charge in [-0.25, -0.2) is 4.98 Å². The van der Waals surface area contributed by atoms with Crippen molar-refractivity contribution >= 4 is 17.3 Å². The van der Waals surface area contributed by atoms with E-state index in [-0.39, 0.29) is 10.6 Å². The number of nitrogens with one attached hydrogen (secondary N) is 1. The van der Waals surface area contributed by atoms with E-state index in [4.69, 9.17) is 0 Å². The van der Waals surface area contributed by atoms with Crippen LogP contribution in [-0.4, -0.2) is 55.6 Å². The van der Waals surface area contributed by atoms with Crippen molar-refractivity contribution in [3.05, 3.63) is 22.2 Å². The van der Waals surface area contributed by atoms with Crippen molar-refractivity contribution < 1.29 is 4.92 Å². The van der Waals surface area contributed by atoms with Crippen molar-refractivity contribution in [1.82, 2.24) is 9.88 Å². The molecule has 1 aromatic rings. The second kappa shape index (κ2) is 6.71. The summed E-state index contributed by atoms with van der Waals surface area (Å²) in [5, 5.41) is 14.1. The van der Waals surface area contributed by atoms with E-state index in [1.807, 2.05) is 11.9 Å². The molecule has 1 saturated heterocycles. The molecule has 116 valence electrons. The highest BCUT2D eigenvalue weighted by Gasteiger charge is 2.23. The summed E-state index contributed by atoms with van der Waals surface area (Å²) in [5.41, 5.74) is 0.0597. The minimum atomic E-state index is -0.368. The molecule has 0 atom stereocenters. The van der Waals surface area contributed by atoms with Crippen LogP contribution in [0.5, 0.6) is 0 Å². The minimum Gasteiger partial charge on any atom is -0.373 e. The van der Waals surface area contributed by atoms with E-state index in [1.165, 1.54) is 6.07 Å². The molecule has 1 aliphatic rings. The standard InChI is InChI=1S/C14H23N5O2/c1-15-13-5-4-12(19(20)21)14(16-13)18(3)10-11-6-8-17(2)9-7-11/h4-5,11H,6-10H2,1-3H3,(H,15,16). The van der Waals surface area contributed by atoms with Crippen LogP contribution in [0, 0.1) is 16.0 Å². The van der Waals surface area contributed by atoms with E-state index < -0.39 is 0 Å². The van der Waals surface area contributed by atoms with Crippen molar-refractivity contribution in [3.63, 3.8) is 0 Å². The molecule has 7 nitrogen and oxygen atoms in total. The predicted octanol–water partition coefficient (Wildman–Crippen LogP) is 1.81. The minimum absolute atomic E-state index is 0.0597. The van der Waals surface area contributed by atoms with Crippen molar-refractivity contribution in [2.75, 3.05) is 51.0 Å². The van der Waals surface area contributed by atoms with E-state index in [9.17, 15) is 10.1 Å². The van der Waals surface area contributed by atoms with Crippen LogP contribution < -0.4 is 10.2 Å². The first kappa shape index (κ1) is 15.5. The molecule has 0 saturated carbocycles. The topological polar surface area (TPSA) is 74.5 Å². The molecular formula is C14H23N5O2. The van der Waals surface area contributed by atoms with Crippen LogP contribution in [0.2, 0.25) is 0 Å². The number of hydrogen-bond acceptors (Lipinski definition) is 6. The number of hydrogen-bond donors (Lipinski definition) is 1. The fourth-order valence-electron chi connectivity index (χ4n) is 2.72. The smallest absolute Gasteiger partial charge is 0.311 e. The first-order chi connectivity index (χ1) is 10.0. The van der Waals surface area contributed by atoms with Gasteiger partial charge in [0.1, 0.15) is 5.82 Å². The molecule has 1 aromatic heterocycles. The lowest BCUT2D eigenvalue weighted by Crippen LogP contribution is -2.36. The molecule has 0 radical (unpaired) electrons. The highest BCUT2D eigenvalue weighted by Crippen LogP contribution is 2.28. The van der Waals surface area contributed by atoms with Crippen molar-refractivity contribution in [2.45, 2.75) is 12.8 Å². The van der Waals surface area contributed by atoms with Gasteiger partial charge in [0, 0.05) is 26.7 Å². The fourth-order valence-corrected chi connectivity index (χ4v) is 2.72. The van der Waals surface area contributed by atoms with Gasteiger partial charge in [0.2, 0.25) is 5.82 Å². The molecule has 0 aromatic carbocycles. The summed E-state index contributed by atoms with van der Waals surface area (Å²) in [7, 11) is 5.77. The third-order valence-electron chi connectivity index (χ3n) is 4.04. The SMILES string of the molecule is CNc1ccc([N+](=O)[O-])c(N(C)CC2CCN(C)CC2)n1. The van der Waals surface area contributed by atoms with Gasteiger partial charge in [0.05, 0.1) is 4.92 Å². The highest BCUT2D eigenvalue weighted by molar-refractivity contribution is 5.61. The summed E-state index contributed by atoms with van der Waals surface area (Å²) in [4.78, 5) is 19.4. The molecule has 2 heterocycles. The van der Waals surface area contributed by atoms with Gasteiger partial charge in [-0.15, -0.1) is 0 Å². The van der Waals surface area contributed by atoms with Crippen LogP contribution >= 0.6 is 0 Å². The van der Waals surface area contributed by atoms with E-state index in [2.05, 4.69) is 22.2 Å². The van der Waals surface area contributed by atoms with Gasteiger partial charge in [-0.3, -0.25) is 10.1 Å². The van der Waals surface area contributed by atoms with Gasteiger partial charge in [-0.1, -0.05) is 0 Å². The van der Waals surface area contributed by atoms with E-state index in [0.29, 0.717) is 17.6 Å². The number of aromatic nitrogens is 1. The molecule has 1 fully saturated rings. The Bertz CT molecular complexity index is 500. The maximum Gasteiger partial charge on any atom is 0.311 e. The summed E-state index contributed by atoms with van der Waals surface area (Å²) < 4.78 is 0. The molecule has 1 N–H and O–H groups in total. The van der Waals surface area contributed by atoms with Gasteiger partial charge in [-0.2, -0.15) is 0 Å². The summed E-state index contributed by atoms with van der Waals surface area (Å²) in [5.74, 6) is 1.64. The summed E-state index contributed by atoms with van der Waals surface area (Å²) in [6.45, 7) is 2.98. The Balaban J connectivity index is 2.13. The number of anilines is 2. The quantitative estimate of drug-likeness (QED) is 0.659. The van der Waals surface area contributed by atoms with Crippen molar-refractivity contribution in [3.8, 4) is 0 Å². The largest absolute Gasteiger partial charge is 0.373 e. The third kappa shape index (κ3) is 3.81. The summed E-state index contributed by atoms with van der Waals surface area (Å²) in [6.07, 6.45) is 2.25. The number of piperidine rings is 1. The van der Waals surface area contributed by atoms with Crippen LogP contribution in [0.25, 0.3) is 0 Å². The number of rotatable bonds is 5. The first-order valence-electron chi connectivity index (χ1n) is 7.24. The molecule has 2 rings (SSSR count). The lowest BCUT2D eigenvalue weighted by molar-refractivity contribution is -0.384. The Kier molecular flexibility index (Phi) is 4.95. The zero-order chi connectivity index (χ0) is 15.4. The number of likely N-dealkylation sites (tertiary alicyclic amines) is 1. The van der Waals surface area contributed by atoms with E-state index >= 15 is 0 Å². The predicted molar refractivity (Wildman–Crippen MR) is 83.9 cm³/mol.